The van der Waals surface area contributed by atoms with Crippen LogP contribution in [0.15, 0.2) is 0 Å². The molecule has 0 bridgehead atoms. The molecule has 1 unspecified atom stereocenters. The van der Waals surface area contributed by atoms with Crippen LogP contribution >= 0.6 is 0 Å². The average molecular weight is 280 g/mol. The molecule has 0 aliphatic carbocycles. The minimum absolute atomic E-state index is 0.255. The van der Waals surface area contributed by atoms with E-state index in [0.29, 0.717) is 25.2 Å². The summed E-state index contributed by atoms with van der Waals surface area (Å²) in [6.07, 6.45) is 1.32. The number of hydrogen-bond donors (Lipinski definition) is 2. The van der Waals surface area contributed by atoms with Gasteiger partial charge in [-0.05, 0) is 39.4 Å². The third-order valence-corrected chi connectivity index (χ3v) is 3.51. The van der Waals surface area contributed by atoms with Crippen molar-refractivity contribution in [3.05, 3.63) is 16.8 Å². The summed E-state index contributed by atoms with van der Waals surface area (Å²) in [4.78, 5) is 13.6. The highest BCUT2D eigenvalue weighted by Gasteiger charge is 2.20. The minimum atomic E-state index is -0.952. The first-order valence-corrected chi connectivity index (χ1v) is 6.94. The third-order valence-electron chi connectivity index (χ3n) is 3.51. The maximum atomic E-state index is 11.5. The molecule has 1 atom stereocenters. The quantitative estimate of drug-likeness (QED) is 0.791. The molecule has 6 nitrogen and oxygen atoms in total. The number of carbonyl (C=O) groups is 1. The number of nitrogens with zero attached hydrogens (tertiary/aromatic N) is 3. The topological polar surface area (TPSA) is 78.4 Å². The molecule has 2 N–H and O–H groups in total. The average Bonchev–Trinajstić information content (AvgIpc) is 2.42. The Labute approximate surface area is 120 Å². The van der Waals surface area contributed by atoms with Crippen molar-refractivity contribution in [2.45, 2.75) is 39.7 Å². The zero-order chi connectivity index (χ0) is 15.3. The number of carboxylic acid groups (broad SMARTS) is 1. The Morgan fingerprint density at radius 2 is 1.95 bits per heavy atom. The molecule has 0 saturated carbocycles. The lowest BCUT2D eigenvalue weighted by atomic mass is 10.0. The lowest BCUT2D eigenvalue weighted by Crippen LogP contribution is -2.32. The molecular formula is C14H24N4O2. The molecule has 0 fully saturated rings. The van der Waals surface area contributed by atoms with E-state index in [-0.39, 0.29) is 11.6 Å². The molecule has 0 aliphatic rings. The lowest BCUT2D eigenvalue weighted by molar-refractivity contribution is 0.0696. The van der Waals surface area contributed by atoms with Crippen molar-refractivity contribution in [2.75, 3.05) is 26.0 Å². The highest BCUT2D eigenvalue weighted by Crippen LogP contribution is 2.21. The van der Waals surface area contributed by atoms with E-state index in [2.05, 4.69) is 27.3 Å². The van der Waals surface area contributed by atoms with E-state index in [0.717, 1.165) is 11.3 Å². The fraction of sp³-hybridized carbons (Fsp3) is 0.643. The molecule has 0 amide bonds. The first-order chi connectivity index (χ1) is 9.42. The number of carboxylic acids is 1. The summed E-state index contributed by atoms with van der Waals surface area (Å²) in [5, 5.41) is 20.8. The molecule has 1 rings (SSSR count). The van der Waals surface area contributed by atoms with Crippen LogP contribution in [-0.2, 0) is 12.8 Å². The molecule has 0 aliphatic heterocycles. The summed E-state index contributed by atoms with van der Waals surface area (Å²) in [5.74, 6) is -0.591. The van der Waals surface area contributed by atoms with Crippen molar-refractivity contribution >= 4 is 11.8 Å². The van der Waals surface area contributed by atoms with E-state index in [9.17, 15) is 9.90 Å². The number of aromatic carboxylic acids is 1. The Morgan fingerprint density at radius 1 is 1.30 bits per heavy atom. The van der Waals surface area contributed by atoms with Crippen molar-refractivity contribution in [1.29, 1.82) is 0 Å². The van der Waals surface area contributed by atoms with Crippen molar-refractivity contribution in [2.24, 2.45) is 0 Å². The molecule has 1 aromatic rings. The summed E-state index contributed by atoms with van der Waals surface area (Å²) in [6, 6.07) is 0.273. The number of hydrogen-bond acceptors (Lipinski definition) is 5. The molecule has 0 radical (unpaired) electrons. The first kappa shape index (κ1) is 16.4. The second-order valence-electron chi connectivity index (χ2n) is 5.05. The van der Waals surface area contributed by atoms with Crippen molar-refractivity contribution in [3.8, 4) is 0 Å². The van der Waals surface area contributed by atoms with Crippen LogP contribution in [0.4, 0.5) is 5.82 Å². The standard InChI is InChI=1S/C14H24N4O2/c1-6-10-11(7-2)16-17-13(12(10)14(19)20)15-8-9(3)18(4)5/h9H,6-8H2,1-5H3,(H,15,17)(H,19,20). The molecule has 1 heterocycles. The van der Waals surface area contributed by atoms with Crippen LogP contribution in [0.25, 0.3) is 0 Å². The van der Waals surface area contributed by atoms with Crippen LogP contribution in [0.3, 0.4) is 0 Å². The van der Waals surface area contributed by atoms with Gasteiger partial charge in [0.2, 0.25) is 0 Å². The lowest BCUT2D eigenvalue weighted by Gasteiger charge is -2.21. The summed E-state index contributed by atoms with van der Waals surface area (Å²) < 4.78 is 0. The van der Waals surface area contributed by atoms with Crippen molar-refractivity contribution in [1.82, 2.24) is 15.1 Å². The number of anilines is 1. The van der Waals surface area contributed by atoms with E-state index in [1.54, 1.807) is 0 Å². The smallest absolute Gasteiger partial charge is 0.339 e. The molecule has 6 heteroatoms. The van der Waals surface area contributed by atoms with Crippen LogP contribution in [0, 0.1) is 0 Å². The van der Waals surface area contributed by atoms with E-state index < -0.39 is 5.97 Å². The highest BCUT2D eigenvalue weighted by molar-refractivity contribution is 5.95. The number of aryl methyl sites for hydroxylation is 1. The summed E-state index contributed by atoms with van der Waals surface area (Å²) in [7, 11) is 3.96. The van der Waals surface area contributed by atoms with Gasteiger partial charge in [0.1, 0.15) is 5.56 Å². The Balaban J connectivity index is 3.10. The summed E-state index contributed by atoms with van der Waals surface area (Å²) in [5.41, 5.74) is 1.79. The molecule has 20 heavy (non-hydrogen) atoms. The Hall–Kier alpha value is -1.69. The zero-order valence-corrected chi connectivity index (χ0v) is 12.9. The van der Waals surface area contributed by atoms with Gasteiger partial charge in [0.15, 0.2) is 5.82 Å². The van der Waals surface area contributed by atoms with Gasteiger partial charge in [0.25, 0.3) is 0 Å². The van der Waals surface area contributed by atoms with E-state index in [1.165, 1.54) is 0 Å². The zero-order valence-electron chi connectivity index (χ0n) is 12.9. The van der Waals surface area contributed by atoms with Gasteiger partial charge in [0.05, 0.1) is 5.69 Å². The van der Waals surface area contributed by atoms with Gasteiger partial charge in [-0.2, -0.15) is 5.10 Å². The Kier molecular flexibility index (Phi) is 5.88. The van der Waals surface area contributed by atoms with Crippen LogP contribution < -0.4 is 5.32 Å². The fourth-order valence-electron chi connectivity index (χ4n) is 1.95. The molecular weight excluding hydrogens is 256 g/mol. The summed E-state index contributed by atoms with van der Waals surface area (Å²) >= 11 is 0. The van der Waals surface area contributed by atoms with Crippen molar-refractivity contribution < 1.29 is 9.90 Å². The van der Waals surface area contributed by atoms with Crippen molar-refractivity contribution in [3.63, 3.8) is 0 Å². The molecule has 1 aromatic heterocycles. The predicted octanol–water partition coefficient (Wildman–Crippen LogP) is 1.66. The van der Waals surface area contributed by atoms with Crippen LogP contribution in [0.5, 0.6) is 0 Å². The molecule has 0 aromatic carbocycles. The van der Waals surface area contributed by atoms with Gasteiger partial charge in [0, 0.05) is 12.6 Å². The van der Waals surface area contributed by atoms with Gasteiger partial charge in [-0.15, -0.1) is 5.10 Å². The van der Waals surface area contributed by atoms with Gasteiger partial charge >= 0.3 is 5.97 Å². The minimum Gasteiger partial charge on any atom is -0.478 e. The third kappa shape index (κ3) is 3.66. The maximum absolute atomic E-state index is 11.5. The fourth-order valence-corrected chi connectivity index (χ4v) is 1.95. The maximum Gasteiger partial charge on any atom is 0.339 e. The van der Waals surface area contributed by atoms with E-state index in [4.69, 9.17) is 0 Å². The first-order valence-electron chi connectivity index (χ1n) is 6.94. The van der Waals surface area contributed by atoms with E-state index in [1.807, 2.05) is 27.9 Å². The predicted molar refractivity (Wildman–Crippen MR) is 79.4 cm³/mol. The SMILES string of the molecule is CCc1nnc(NCC(C)N(C)C)c(C(=O)O)c1CC. The van der Waals surface area contributed by atoms with Crippen LogP contribution in [-0.4, -0.2) is 52.9 Å². The largest absolute Gasteiger partial charge is 0.478 e. The van der Waals surface area contributed by atoms with Gasteiger partial charge < -0.3 is 15.3 Å². The van der Waals surface area contributed by atoms with Crippen LogP contribution in [0.1, 0.15) is 42.4 Å². The second kappa shape index (κ2) is 7.19. The molecule has 0 spiro atoms. The number of rotatable bonds is 7. The Bertz CT molecular complexity index is 474. The van der Waals surface area contributed by atoms with Gasteiger partial charge in [-0.25, -0.2) is 4.79 Å². The number of likely N-dealkylation sites (N-methyl/N-ethyl adjacent to an activating group) is 1. The van der Waals surface area contributed by atoms with E-state index >= 15 is 0 Å². The van der Waals surface area contributed by atoms with Gasteiger partial charge in [-0.1, -0.05) is 13.8 Å². The van der Waals surface area contributed by atoms with Gasteiger partial charge in [-0.3, -0.25) is 0 Å². The number of aromatic nitrogens is 2. The Morgan fingerprint density at radius 3 is 2.40 bits per heavy atom. The number of nitrogens with one attached hydrogen (secondary N) is 1. The molecule has 112 valence electrons. The normalized spacial score (nSPS) is 12.5. The molecule has 0 saturated heterocycles. The second-order valence-corrected chi connectivity index (χ2v) is 5.05. The monoisotopic (exact) mass is 280 g/mol. The van der Waals surface area contributed by atoms with Crippen LogP contribution in [0.2, 0.25) is 0 Å². The highest BCUT2D eigenvalue weighted by atomic mass is 16.4. The summed E-state index contributed by atoms with van der Waals surface area (Å²) in [6.45, 7) is 6.57.